The summed E-state index contributed by atoms with van der Waals surface area (Å²) in [6, 6.07) is 3.90. The molecule has 2 aromatic heterocycles. The molecule has 0 unspecified atom stereocenters. The molecule has 6 nitrogen and oxygen atoms in total. The number of anilines is 1. The summed E-state index contributed by atoms with van der Waals surface area (Å²) >= 11 is 0. The van der Waals surface area contributed by atoms with Crippen molar-refractivity contribution in [2.45, 2.75) is 26.8 Å². The van der Waals surface area contributed by atoms with Crippen LogP contribution in [0.15, 0.2) is 30.7 Å². The molecule has 0 saturated heterocycles. The number of amides is 1. The second-order valence-electron chi connectivity index (χ2n) is 5.15. The summed E-state index contributed by atoms with van der Waals surface area (Å²) in [4.78, 5) is 16.0. The predicted molar refractivity (Wildman–Crippen MR) is 82.4 cm³/mol. The van der Waals surface area contributed by atoms with E-state index in [1.807, 2.05) is 33.0 Å². The van der Waals surface area contributed by atoms with E-state index in [9.17, 15) is 4.79 Å². The van der Waals surface area contributed by atoms with Crippen LogP contribution in [0.2, 0.25) is 0 Å². The van der Waals surface area contributed by atoms with Gasteiger partial charge in [-0.05, 0) is 38.5 Å². The van der Waals surface area contributed by atoms with Crippen molar-refractivity contribution in [1.29, 1.82) is 0 Å². The normalized spacial score (nSPS) is 10.7. The molecule has 2 N–H and O–H groups in total. The molecule has 0 aromatic carbocycles. The van der Waals surface area contributed by atoms with Gasteiger partial charge >= 0.3 is 0 Å². The second-order valence-corrected chi connectivity index (χ2v) is 5.15. The summed E-state index contributed by atoms with van der Waals surface area (Å²) in [5, 5.41) is 10.3. The Labute approximate surface area is 124 Å². The highest BCUT2D eigenvalue weighted by Crippen LogP contribution is 2.10. The summed E-state index contributed by atoms with van der Waals surface area (Å²) in [6.07, 6.45) is 5.37. The van der Waals surface area contributed by atoms with Crippen molar-refractivity contribution in [1.82, 2.24) is 20.1 Å². The van der Waals surface area contributed by atoms with Crippen molar-refractivity contribution in [2.75, 3.05) is 18.4 Å². The van der Waals surface area contributed by atoms with Crippen molar-refractivity contribution in [3.63, 3.8) is 0 Å². The zero-order valence-electron chi connectivity index (χ0n) is 12.6. The zero-order valence-corrected chi connectivity index (χ0v) is 12.6. The van der Waals surface area contributed by atoms with Gasteiger partial charge in [0.15, 0.2) is 0 Å². The Morgan fingerprint density at radius 2 is 2.14 bits per heavy atom. The molecule has 0 aliphatic rings. The smallest absolute Gasteiger partial charge is 0.271 e. The average Bonchev–Trinajstić information content (AvgIpc) is 2.95. The maximum atomic E-state index is 11.9. The lowest BCUT2D eigenvalue weighted by Gasteiger charge is -2.09. The van der Waals surface area contributed by atoms with Crippen molar-refractivity contribution in [3.05, 3.63) is 42.0 Å². The molecule has 0 radical (unpaired) electrons. The van der Waals surface area contributed by atoms with E-state index in [1.54, 1.807) is 23.1 Å². The Hall–Kier alpha value is -2.37. The SMILES string of the molecule is Cc1cnccc1NCCNC(=O)c1ccn(C(C)C)n1. The highest BCUT2D eigenvalue weighted by Gasteiger charge is 2.09. The van der Waals surface area contributed by atoms with Gasteiger partial charge in [-0.15, -0.1) is 0 Å². The fourth-order valence-corrected chi connectivity index (χ4v) is 1.88. The van der Waals surface area contributed by atoms with Crippen LogP contribution in [0.25, 0.3) is 0 Å². The molecule has 0 aliphatic heterocycles. The lowest BCUT2D eigenvalue weighted by molar-refractivity contribution is 0.0949. The quantitative estimate of drug-likeness (QED) is 0.797. The zero-order chi connectivity index (χ0) is 15.2. The minimum absolute atomic E-state index is 0.150. The third-order valence-electron chi connectivity index (χ3n) is 3.12. The highest BCUT2D eigenvalue weighted by atomic mass is 16.1. The first-order chi connectivity index (χ1) is 10.1. The number of nitrogens with zero attached hydrogens (tertiary/aromatic N) is 3. The second kappa shape index (κ2) is 6.88. The van der Waals surface area contributed by atoms with Crippen LogP contribution in [0, 0.1) is 6.92 Å². The topological polar surface area (TPSA) is 71.8 Å². The highest BCUT2D eigenvalue weighted by molar-refractivity contribution is 5.92. The predicted octanol–water partition coefficient (Wildman–Crippen LogP) is 2.01. The van der Waals surface area contributed by atoms with E-state index in [2.05, 4.69) is 20.7 Å². The number of pyridine rings is 1. The van der Waals surface area contributed by atoms with Gasteiger partial charge in [0.05, 0.1) is 0 Å². The van der Waals surface area contributed by atoms with E-state index in [0.29, 0.717) is 18.8 Å². The lowest BCUT2D eigenvalue weighted by Crippen LogP contribution is -2.29. The number of carbonyl (C=O) groups excluding carboxylic acids is 1. The third-order valence-corrected chi connectivity index (χ3v) is 3.12. The molecule has 6 heteroatoms. The fraction of sp³-hybridized carbons (Fsp3) is 0.400. The van der Waals surface area contributed by atoms with Crippen molar-refractivity contribution in [2.24, 2.45) is 0 Å². The fourth-order valence-electron chi connectivity index (χ4n) is 1.88. The van der Waals surface area contributed by atoms with Crippen molar-refractivity contribution < 1.29 is 4.79 Å². The van der Waals surface area contributed by atoms with Gasteiger partial charge in [0.1, 0.15) is 5.69 Å². The Bertz CT molecular complexity index is 606. The molecule has 21 heavy (non-hydrogen) atoms. The van der Waals surface area contributed by atoms with E-state index >= 15 is 0 Å². The van der Waals surface area contributed by atoms with Crippen LogP contribution in [-0.4, -0.2) is 33.8 Å². The summed E-state index contributed by atoms with van der Waals surface area (Å²) in [7, 11) is 0. The number of hydrogen-bond donors (Lipinski definition) is 2. The minimum Gasteiger partial charge on any atom is -0.383 e. The molecule has 112 valence electrons. The van der Waals surface area contributed by atoms with Gasteiger partial charge in [-0.1, -0.05) is 0 Å². The molecule has 0 fully saturated rings. The summed E-state index contributed by atoms with van der Waals surface area (Å²) in [5.41, 5.74) is 2.56. The third kappa shape index (κ3) is 4.05. The van der Waals surface area contributed by atoms with Crippen LogP contribution >= 0.6 is 0 Å². The summed E-state index contributed by atoms with van der Waals surface area (Å²) < 4.78 is 1.77. The van der Waals surface area contributed by atoms with E-state index in [4.69, 9.17) is 0 Å². The van der Waals surface area contributed by atoms with Gasteiger partial charge in [0.25, 0.3) is 5.91 Å². The van der Waals surface area contributed by atoms with Gasteiger partial charge in [-0.3, -0.25) is 14.5 Å². The molecular weight excluding hydrogens is 266 g/mol. The molecule has 2 heterocycles. The lowest BCUT2D eigenvalue weighted by atomic mass is 10.2. The van der Waals surface area contributed by atoms with Crippen molar-refractivity contribution in [3.8, 4) is 0 Å². The van der Waals surface area contributed by atoms with E-state index in [1.165, 1.54) is 0 Å². The molecule has 0 spiro atoms. The molecule has 0 saturated carbocycles. The van der Waals surface area contributed by atoms with Crippen LogP contribution in [0.4, 0.5) is 5.69 Å². The number of carbonyl (C=O) groups is 1. The molecule has 2 aromatic rings. The van der Waals surface area contributed by atoms with Gasteiger partial charge in [-0.25, -0.2) is 0 Å². The number of rotatable bonds is 6. The minimum atomic E-state index is -0.150. The van der Waals surface area contributed by atoms with Crippen LogP contribution < -0.4 is 10.6 Å². The van der Waals surface area contributed by atoms with E-state index in [0.717, 1.165) is 11.3 Å². The van der Waals surface area contributed by atoms with Crippen LogP contribution in [0.3, 0.4) is 0 Å². The Balaban J connectivity index is 1.78. The van der Waals surface area contributed by atoms with Gasteiger partial charge in [-0.2, -0.15) is 5.10 Å². The monoisotopic (exact) mass is 287 g/mol. The van der Waals surface area contributed by atoms with Gasteiger partial charge in [0, 0.05) is 43.4 Å². The molecule has 0 atom stereocenters. The summed E-state index contributed by atoms with van der Waals surface area (Å²) in [6.45, 7) is 7.23. The first-order valence-electron chi connectivity index (χ1n) is 7.06. The van der Waals surface area contributed by atoms with Crippen LogP contribution in [-0.2, 0) is 0 Å². The van der Waals surface area contributed by atoms with Gasteiger partial charge in [0.2, 0.25) is 0 Å². The maximum absolute atomic E-state index is 11.9. The molecule has 2 rings (SSSR count). The molecule has 1 amide bonds. The first kappa shape index (κ1) is 15.0. The Morgan fingerprint density at radius 1 is 1.33 bits per heavy atom. The average molecular weight is 287 g/mol. The van der Waals surface area contributed by atoms with Crippen LogP contribution in [0.1, 0.15) is 35.9 Å². The number of hydrogen-bond acceptors (Lipinski definition) is 4. The number of aromatic nitrogens is 3. The molecular formula is C15H21N5O. The number of nitrogens with one attached hydrogen (secondary N) is 2. The number of aryl methyl sites for hydroxylation is 1. The molecule has 0 aliphatic carbocycles. The Morgan fingerprint density at radius 3 is 2.81 bits per heavy atom. The standard InChI is InChI=1S/C15H21N5O/c1-11(2)20-9-5-14(19-20)15(21)18-8-7-17-13-4-6-16-10-12(13)3/h4-6,9-11H,7-8H2,1-3H3,(H,16,17)(H,18,21). The molecule has 0 bridgehead atoms. The van der Waals surface area contributed by atoms with Crippen LogP contribution in [0.5, 0.6) is 0 Å². The maximum Gasteiger partial charge on any atom is 0.271 e. The summed E-state index contributed by atoms with van der Waals surface area (Å²) in [5.74, 6) is -0.150. The largest absolute Gasteiger partial charge is 0.383 e. The van der Waals surface area contributed by atoms with E-state index < -0.39 is 0 Å². The first-order valence-corrected chi connectivity index (χ1v) is 7.06. The van der Waals surface area contributed by atoms with Gasteiger partial charge < -0.3 is 10.6 Å². The Kier molecular flexibility index (Phi) is 4.92. The van der Waals surface area contributed by atoms with Crippen molar-refractivity contribution >= 4 is 11.6 Å². The van der Waals surface area contributed by atoms with E-state index in [-0.39, 0.29) is 11.9 Å².